The fourth-order valence-electron chi connectivity index (χ4n) is 4.29. The molecule has 1 aliphatic rings. The molecule has 0 saturated carbocycles. The van der Waals surface area contributed by atoms with Crippen LogP contribution in [0.3, 0.4) is 0 Å². The molecule has 3 aromatic carbocycles. The fourth-order valence-corrected chi connectivity index (χ4v) is 4.79. The first-order chi connectivity index (χ1) is 16.0. The van der Waals surface area contributed by atoms with E-state index in [0.717, 1.165) is 33.8 Å². The predicted octanol–water partition coefficient (Wildman–Crippen LogP) is 7.29. The minimum atomic E-state index is -0.811. The molecule has 0 spiro atoms. The molecule has 0 saturated heterocycles. The predicted molar refractivity (Wildman–Crippen MR) is 133 cm³/mol. The van der Waals surface area contributed by atoms with Crippen molar-refractivity contribution in [1.82, 2.24) is 9.55 Å². The molecule has 0 bridgehead atoms. The lowest BCUT2D eigenvalue weighted by atomic mass is 10.0. The van der Waals surface area contributed by atoms with Crippen molar-refractivity contribution in [1.29, 1.82) is 0 Å². The molecule has 0 amide bonds. The van der Waals surface area contributed by atoms with Crippen LogP contribution in [0.2, 0.25) is 10.0 Å². The highest BCUT2D eigenvalue weighted by Crippen LogP contribution is 2.44. The number of carbonyl (C=O) groups is 1. The lowest BCUT2D eigenvalue weighted by Crippen LogP contribution is -2.03. The van der Waals surface area contributed by atoms with E-state index >= 15 is 0 Å². The van der Waals surface area contributed by atoms with E-state index in [1.807, 2.05) is 41.1 Å². The van der Waals surface area contributed by atoms with Crippen LogP contribution >= 0.6 is 23.2 Å². The minimum Gasteiger partial charge on any atom is -0.481 e. The van der Waals surface area contributed by atoms with Crippen LogP contribution < -0.4 is 0 Å². The van der Waals surface area contributed by atoms with Gasteiger partial charge < -0.3 is 9.67 Å². The Labute approximate surface area is 201 Å². The molecule has 4 nitrogen and oxygen atoms in total. The lowest BCUT2D eigenvalue weighted by Gasteiger charge is -2.06. The number of hydrogen-bond acceptors (Lipinski definition) is 2. The van der Waals surface area contributed by atoms with Crippen LogP contribution in [-0.4, -0.2) is 20.6 Å². The summed E-state index contributed by atoms with van der Waals surface area (Å²) in [6.07, 6.45) is 4.61. The molecule has 1 aromatic heterocycles. The second-order valence-corrected chi connectivity index (χ2v) is 8.79. The van der Waals surface area contributed by atoms with Crippen molar-refractivity contribution in [2.45, 2.75) is 19.4 Å². The first kappa shape index (κ1) is 21.5. The molecule has 0 radical (unpaired) electrons. The zero-order chi connectivity index (χ0) is 22.9. The number of fused-ring (bicyclic) bond motifs is 3. The first-order valence-corrected chi connectivity index (χ1v) is 11.4. The summed E-state index contributed by atoms with van der Waals surface area (Å²) in [4.78, 5) is 16.0. The second-order valence-electron chi connectivity index (χ2n) is 7.95. The highest BCUT2D eigenvalue weighted by Gasteiger charge is 2.23. The van der Waals surface area contributed by atoms with Crippen molar-refractivity contribution in [3.8, 4) is 22.4 Å². The molecule has 4 aromatic rings. The van der Waals surface area contributed by atoms with Gasteiger partial charge in [-0.3, -0.25) is 4.79 Å². The third kappa shape index (κ3) is 4.20. The summed E-state index contributed by atoms with van der Waals surface area (Å²) in [5.41, 5.74) is 7.31. The number of imidazole rings is 1. The van der Waals surface area contributed by atoms with E-state index in [-0.39, 0.29) is 6.42 Å². The minimum absolute atomic E-state index is 0.0941. The molecule has 33 heavy (non-hydrogen) atoms. The maximum atomic E-state index is 11.1. The molecule has 1 N–H and O–H groups in total. The molecule has 0 aliphatic heterocycles. The highest BCUT2D eigenvalue weighted by atomic mass is 35.5. The number of nitrogens with zero attached hydrogens (tertiary/aromatic N) is 2. The van der Waals surface area contributed by atoms with Crippen LogP contribution in [0.25, 0.3) is 34.0 Å². The van der Waals surface area contributed by atoms with E-state index in [1.165, 1.54) is 11.1 Å². The average Bonchev–Trinajstić information content (AvgIpc) is 3.33. The van der Waals surface area contributed by atoms with E-state index < -0.39 is 5.97 Å². The Morgan fingerprint density at radius 1 is 0.909 bits per heavy atom. The number of rotatable bonds is 6. The van der Waals surface area contributed by atoms with Gasteiger partial charge in [-0.15, -0.1) is 0 Å². The highest BCUT2D eigenvalue weighted by molar-refractivity contribution is 6.36. The van der Waals surface area contributed by atoms with Crippen molar-refractivity contribution >= 4 is 40.8 Å². The summed E-state index contributed by atoms with van der Waals surface area (Å²) in [6.45, 7) is 0.535. The van der Waals surface area contributed by atoms with Gasteiger partial charge in [0.25, 0.3) is 0 Å². The van der Waals surface area contributed by atoms with Gasteiger partial charge in [-0.05, 0) is 58.5 Å². The maximum absolute atomic E-state index is 11.1. The van der Waals surface area contributed by atoms with Gasteiger partial charge in [0.05, 0.1) is 10.7 Å². The summed E-state index contributed by atoms with van der Waals surface area (Å²) in [7, 11) is 0. The Morgan fingerprint density at radius 2 is 1.55 bits per heavy atom. The standard InChI is InChI=1S/C27H20Cl2N2O2/c28-17-11-12-22(24(29)14-17)25-16-31(13-5-10-27(32)33)26(30-25)15-23-20-8-3-1-6-18(20)19-7-2-4-9-21(19)23/h1-4,6-9,11-12,14-16H,5,10,13H2,(H,32,33). The maximum Gasteiger partial charge on any atom is 0.303 e. The second kappa shape index (κ2) is 8.89. The zero-order valence-corrected chi connectivity index (χ0v) is 19.1. The van der Waals surface area contributed by atoms with Crippen LogP contribution in [0.5, 0.6) is 0 Å². The number of carboxylic acid groups (broad SMARTS) is 1. The summed E-state index contributed by atoms with van der Waals surface area (Å²) in [6, 6.07) is 22.0. The van der Waals surface area contributed by atoms with Crippen molar-refractivity contribution in [3.63, 3.8) is 0 Å². The molecule has 164 valence electrons. The number of benzene rings is 3. The Bertz CT molecular complexity index is 1360. The summed E-state index contributed by atoms with van der Waals surface area (Å²) in [5, 5.41) is 10.2. The summed E-state index contributed by atoms with van der Waals surface area (Å²) in [5.74, 6) is -0.0578. The van der Waals surface area contributed by atoms with Crippen molar-refractivity contribution in [2.24, 2.45) is 0 Å². The van der Waals surface area contributed by atoms with E-state index in [0.29, 0.717) is 23.0 Å². The summed E-state index contributed by atoms with van der Waals surface area (Å²) >= 11 is 12.5. The third-order valence-electron chi connectivity index (χ3n) is 5.80. The SMILES string of the molecule is O=C(O)CCCn1cc(-c2ccc(Cl)cc2Cl)nc1C=C1c2ccccc2-c2ccccc21. The van der Waals surface area contributed by atoms with Crippen LogP contribution in [0.4, 0.5) is 0 Å². The normalized spacial score (nSPS) is 11.9. The van der Waals surface area contributed by atoms with Gasteiger partial charge in [-0.1, -0.05) is 71.7 Å². The summed E-state index contributed by atoms with van der Waals surface area (Å²) < 4.78 is 2.00. The van der Waals surface area contributed by atoms with Crippen LogP contribution in [0.1, 0.15) is 29.8 Å². The van der Waals surface area contributed by atoms with Gasteiger partial charge in [-0.25, -0.2) is 4.98 Å². The number of aryl methyl sites for hydroxylation is 1. The first-order valence-electron chi connectivity index (χ1n) is 10.7. The van der Waals surface area contributed by atoms with Gasteiger partial charge in [0, 0.05) is 29.7 Å². The average molecular weight is 475 g/mol. The number of halogens is 2. The molecule has 1 aliphatic carbocycles. The third-order valence-corrected chi connectivity index (χ3v) is 6.35. The quantitative estimate of drug-likeness (QED) is 0.281. The van der Waals surface area contributed by atoms with Gasteiger partial charge >= 0.3 is 5.97 Å². The molecule has 5 rings (SSSR count). The number of carboxylic acids is 1. The number of aliphatic carboxylic acids is 1. The van der Waals surface area contributed by atoms with Crippen LogP contribution in [0.15, 0.2) is 72.9 Å². The Morgan fingerprint density at radius 3 is 2.15 bits per heavy atom. The number of aromatic nitrogens is 2. The fraction of sp³-hybridized carbons (Fsp3) is 0.111. The van der Waals surface area contributed by atoms with E-state index in [2.05, 4.69) is 30.3 Å². The zero-order valence-electron chi connectivity index (χ0n) is 17.6. The number of hydrogen-bond donors (Lipinski definition) is 1. The monoisotopic (exact) mass is 474 g/mol. The molecule has 6 heteroatoms. The largest absolute Gasteiger partial charge is 0.481 e. The van der Waals surface area contributed by atoms with Gasteiger partial charge in [0.15, 0.2) is 0 Å². The van der Waals surface area contributed by atoms with E-state index in [4.69, 9.17) is 33.3 Å². The van der Waals surface area contributed by atoms with Crippen molar-refractivity contribution in [2.75, 3.05) is 0 Å². The van der Waals surface area contributed by atoms with Gasteiger partial charge in [-0.2, -0.15) is 0 Å². The van der Waals surface area contributed by atoms with Crippen molar-refractivity contribution in [3.05, 3.63) is 99.9 Å². The van der Waals surface area contributed by atoms with E-state index in [9.17, 15) is 4.79 Å². The van der Waals surface area contributed by atoms with E-state index in [1.54, 1.807) is 12.1 Å². The molecule has 0 unspecified atom stereocenters. The Balaban J connectivity index is 1.63. The van der Waals surface area contributed by atoms with Crippen LogP contribution in [0, 0.1) is 0 Å². The molecule has 1 heterocycles. The van der Waals surface area contributed by atoms with Crippen LogP contribution in [-0.2, 0) is 11.3 Å². The molecule has 0 atom stereocenters. The topological polar surface area (TPSA) is 55.1 Å². The molecule has 0 fully saturated rings. The smallest absolute Gasteiger partial charge is 0.303 e. The molecular weight excluding hydrogens is 455 g/mol. The molecular formula is C27H20Cl2N2O2. The van der Waals surface area contributed by atoms with Crippen molar-refractivity contribution < 1.29 is 9.90 Å². The van der Waals surface area contributed by atoms with Gasteiger partial charge in [0.1, 0.15) is 5.82 Å². The Hall–Kier alpha value is -3.34. The Kier molecular flexibility index (Phi) is 5.79. The van der Waals surface area contributed by atoms with Gasteiger partial charge in [0.2, 0.25) is 0 Å². The lowest BCUT2D eigenvalue weighted by molar-refractivity contribution is -0.137.